The van der Waals surface area contributed by atoms with E-state index in [0.717, 1.165) is 45.0 Å². The molecule has 0 spiro atoms. The van der Waals surface area contributed by atoms with Crippen LogP contribution in [0, 0.1) is 11.8 Å². The van der Waals surface area contributed by atoms with Crippen molar-refractivity contribution in [2.45, 2.75) is 25.7 Å². The summed E-state index contributed by atoms with van der Waals surface area (Å²) >= 11 is 0. The number of likely N-dealkylation sites (tertiary alicyclic amines) is 1. The molecule has 1 aliphatic carbocycles. The fraction of sp³-hybridized carbons (Fsp3) is 0.923. The van der Waals surface area contributed by atoms with Gasteiger partial charge in [-0.25, -0.2) is 0 Å². The third kappa shape index (κ3) is 4.28. The summed E-state index contributed by atoms with van der Waals surface area (Å²) in [6.07, 6.45) is 4.84. The van der Waals surface area contributed by atoms with Crippen molar-refractivity contribution in [3.63, 3.8) is 0 Å². The highest BCUT2D eigenvalue weighted by molar-refractivity contribution is 5.78. The minimum absolute atomic E-state index is 0.265. The lowest BCUT2D eigenvalue weighted by Crippen LogP contribution is -2.43. The minimum Gasteiger partial charge on any atom is -0.384 e. The molecular formula is C13H24N2O2. The first-order chi connectivity index (χ1) is 8.29. The van der Waals surface area contributed by atoms with Crippen molar-refractivity contribution in [1.29, 1.82) is 0 Å². The van der Waals surface area contributed by atoms with Gasteiger partial charge in [-0.1, -0.05) is 0 Å². The Hall–Kier alpha value is -0.610. The van der Waals surface area contributed by atoms with E-state index in [1.807, 2.05) is 4.90 Å². The molecule has 0 unspecified atom stereocenters. The van der Waals surface area contributed by atoms with Gasteiger partial charge in [0.25, 0.3) is 0 Å². The van der Waals surface area contributed by atoms with Crippen molar-refractivity contribution >= 4 is 5.91 Å². The van der Waals surface area contributed by atoms with Crippen molar-refractivity contribution < 1.29 is 9.53 Å². The van der Waals surface area contributed by atoms with E-state index in [-0.39, 0.29) is 5.91 Å². The number of carbonyl (C=O) groups excluding carboxylic acids is 1. The molecule has 0 aromatic heterocycles. The third-order valence-corrected chi connectivity index (χ3v) is 3.78. The molecule has 2 rings (SSSR count). The van der Waals surface area contributed by atoms with Gasteiger partial charge < -0.3 is 15.0 Å². The van der Waals surface area contributed by atoms with Crippen LogP contribution in [-0.4, -0.2) is 50.7 Å². The van der Waals surface area contributed by atoms with Crippen molar-refractivity contribution in [3.05, 3.63) is 0 Å². The molecule has 98 valence electrons. The topological polar surface area (TPSA) is 41.6 Å². The summed E-state index contributed by atoms with van der Waals surface area (Å²) in [7, 11) is 1.75. The van der Waals surface area contributed by atoms with Gasteiger partial charge in [0, 0.05) is 26.8 Å². The maximum absolute atomic E-state index is 11.9. The zero-order valence-electron chi connectivity index (χ0n) is 10.8. The van der Waals surface area contributed by atoms with Crippen LogP contribution in [0.15, 0.2) is 0 Å². The van der Waals surface area contributed by atoms with E-state index in [4.69, 9.17) is 4.74 Å². The van der Waals surface area contributed by atoms with E-state index in [9.17, 15) is 4.79 Å². The molecule has 0 aromatic carbocycles. The molecule has 2 fully saturated rings. The van der Waals surface area contributed by atoms with Gasteiger partial charge in [-0.15, -0.1) is 0 Å². The second-order valence-electron chi connectivity index (χ2n) is 5.35. The largest absolute Gasteiger partial charge is 0.384 e. The van der Waals surface area contributed by atoms with E-state index in [0.29, 0.717) is 12.5 Å². The molecule has 1 saturated carbocycles. The summed E-state index contributed by atoms with van der Waals surface area (Å²) < 4.78 is 5.16. The van der Waals surface area contributed by atoms with Crippen molar-refractivity contribution in [2.24, 2.45) is 11.8 Å². The smallest absolute Gasteiger partial charge is 0.236 e. The van der Waals surface area contributed by atoms with Crippen LogP contribution in [0.4, 0.5) is 0 Å². The zero-order chi connectivity index (χ0) is 12.1. The van der Waals surface area contributed by atoms with Gasteiger partial charge >= 0.3 is 0 Å². The highest BCUT2D eigenvalue weighted by atomic mass is 16.5. The quantitative estimate of drug-likeness (QED) is 0.749. The molecule has 0 bridgehead atoms. The zero-order valence-corrected chi connectivity index (χ0v) is 10.8. The Kier molecular flexibility index (Phi) is 4.80. The van der Waals surface area contributed by atoms with Gasteiger partial charge in [-0.3, -0.25) is 4.79 Å². The summed E-state index contributed by atoms with van der Waals surface area (Å²) in [6.45, 7) is 4.18. The monoisotopic (exact) mass is 240 g/mol. The van der Waals surface area contributed by atoms with Crippen molar-refractivity contribution in [3.8, 4) is 0 Å². The average molecular weight is 240 g/mol. The molecule has 0 aromatic rings. The van der Waals surface area contributed by atoms with Gasteiger partial charge in [0.2, 0.25) is 5.91 Å². The van der Waals surface area contributed by atoms with Crippen LogP contribution in [0.5, 0.6) is 0 Å². The van der Waals surface area contributed by atoms with E-state index >= 15 is 0 Å². The Morgan fingerprint density at radius 3 is 2.53 bits per heavy atom. The van der Waals surface area contributed by atoms with Gasteiger partial charge in [-0.2, -0.15) is 0 Å². The number of carbonyl (C=O) groups is 1. The first-order valence-electron chi connectivity index (χ1n) is 6.77. The number of rotatable bonds is 6. The first-order valence-corrected chi connectivity index (χ1v) is 6.77. The molecule has 1 saturated heterocycles. The molecule has 0 radical (unpaired) electrons. The number of methoxy groups -OCH3 is 1. The van der Waals surface area contributed by atoms with Crippen LogP contribution >= 0.6 is 0 Å². The molecule has 0 atom stereocenters. The fourth-order valence-corrected chi connectivity index (χ4v) is 2.40. The highest BCUT2D eigenvalue weighted by Gasteiger charge is 2.24. The van der Waals surface area contributed by atoms with E-state index in [2.05, 4.69) is 5.32 Å². The third-order valence-electron chi connectivity index (χ3n) is 3.78. The molecule has 1 aliphatic heterocycles. The second-order valence-corrected chi connectivity index (χ2v) is 5.35. The lowest BCUT2D eigenvalue weighted by atomic mass is 9.98. The SMILES string of the molecule is COCC1CCN(C(=O)CNCC2CC2)CC1. The van der Waals surface area contributed by atoms with Crippen molar-refractivity contribution in [2.75, 3.05) is 39.9 Å². The number of piperidine rings is 1. The van der Waals surface area contributed by atoms with Crippen LogP contribution in [-0.2, 0) is 9.53 Å². The summed E-state index contributed by atoms with van der Waals surface area (Å²) in [5, 5.41) is 3.26. The Bertz CT molecular complexity index is 246. The number of hydrogen-bond donors (Lipinski definition) is 1. The lowest BCUT2D eigenvalue weighted by molar-refractivity contribution is -0.131. The van der Waals surface area contributed by atoms with Crippen LogP contribution in [0.3, 0.4) is 0 Å². The standard InChI is InChI=1S/C13H24N2O2/c1-17-10-12-4-6-15(7-5-12)13(16)9-14-8-11-2-3-11/h11-12,14H,2-10H2,1H3. The Morgan fingerprint density at radius 1 is 1.24 bits per heavy atom. The molecular weight excluding hydrogens is 216 g/mol. The van der Waals surface area contributed by atoms with Crippen LogP contribution in [0.1, 0.15) is 25.7 Å². The van der Waals surface area contributed by atoms with Crippen LogP contribution < -0.4 is 5.32 Å². The minimum atomic E-state index is 0.265. The van der Waals surface area contributed by atoms with Gasteiger partial charge in [0.15, 0.2) is 0 Å². The van der Waals surface area contributed by atoms with Crippen LogP contribution in [0.25, 0.3) is 0 Å². The number of amides is 1. The predicted octanol–water partition coefficient (Wildman–Crippen LogP) is 0.871. The Labute approximate surface area is 104 Å². The normalized spacial score (nSPS) is 21.8. The Morgan fingerprint density at radius 2 is 1.94 bits per heavy atom. The summed E-state index contributed by atoms with van der Waals surface area (Å²) in [5.41, 5.74) is 0. The Balaban J connectivity index is 1.59. The molecule has 4 heteroatoms. The van der Waals surface area contributed by atoms with E-state index in [1.165, 1.54) is 12.8 Å². The first kappa shape index (κ1) is 12.8. The predicted molar refractivity (Wildman–Crippen MR) is 66.8 cm³/mol. The summed E-state index contributed by atoms with van der Waals surface area (Å²) in [4.78, 5) is 13.9. The van der Waals surface area contributed by atoms with Crippen LogP contribution in [0.2, 0.25) is 0 Å². The average Bonchev–Trinajstić information content (AvgIpc) is 3.14. The summed E-state index contributed by atoms with van der Waals surface area (Å²) in [6, 6.07) is 0. The molecule has 2 aliphatic rings. The summed E-state index contributed by atoms with van der Waals surface area (Å²) in [5.74, 6) is 1.75. The molecule has 17 heavy (non-hydrogen) atoms. The van der Waals surface area contributed by atoms with Gasteiger partial charge in [0.1, 0.15) is 0 Å². The maximum atomic E-state index is 11.9. The molecule has 4 nitrogen and oxygen atoms in total. The highest BCUT2D eigenvalue weighted by Crippen LogP contribution is 2.27. The number of nitrogens with zero attached hydrogens (tertiary/aromatic N) is 1. The maximum Gasteiger partial charge on any atom is 0.236 e. The molecule has 1 amide bonds. The number of hydrogen-bond acceptors (Lipinski definition) is 3. The van der Waals surface area contributed by atoms with E-state index < -0.39 is 0 Å². The molecule has 1 heterocycles. The number of nitrogens with one attached hydrogen (secondary N) is 1. The van der Waals surface area contributed by atoms with E-state index in [1.54, 1.807) is 7.11 Å². The molecule has 1 N–H and O–H groups in total. The fourth-order valence-electron chi connectivity index (χ4n) is 2.40. The van der Waals surface area contributed by atoms with Crippen molar-refractivity contribution in [1.82, 2.24) is 10.2 Å². The van der Waals surface area contributed by atoms with Gasteiger partial charge in [0.05, 0.1) is 6.54 Å². The number of ether oxygens (including phenoxy) is 1. The second kappa shape index (κ2) is 6.36. The lowest BCUT2D eigenvalue weighted by Gasteiger charge is -2.31. The van der Waals surface area contributed by atoms with Gasteiger partial charge in [-0.05, 0) is 44.1 Å².